The van der Waals surface area contributed by atoms with Crippen LogP contribution < -0.4 is 5.32 Å². The third kappa shape index (κ3) is 3.45. The first-order valence-electron chi connectivity index (χ1n) is 7.94. The second kappa shape index (κ2) is 6.44. The Balaban J connectivity index is 1.58. The van der Waals surface area contributed by atoms with E-state index in [9.17, 15) is 4.79 Å². The lowest BCUT2D eigenvalue weighted by atomic mass is 9.86. The highest BCUT2D eigenvalue weighted by molar-refractivity contribution is 5.79. The molecular weight excluding hydrogens is 276 g/mol. The van der Waals surface area contributed by atoms with E-state index in [1.54, 1.807) is 0 Å². The van der Waals surface area contributed by atoms with E-state index in [1.165, 1.54) is 10.9 Å². The zero-order valence-electron chi connectivity index (χ0n) is 12.9. The van der Waals surface area contributed by atoms with Gasteiger partial charge in [-0.05, 0) is 56.4 Å². The number of pyridine rings is 1. The van der Waals surface area contributed by atoms with Crippen LogP contribution >= 0.6 is 0 Å². The van der Waals surface area contributed by atoms with E-state index in [4.69, 9.17) is 5.11 Å². The van der Waals surface area contributed by atoms with E-state index in [1.807, 2.05) is 13.0 Å². The Kier molecular flexibility index (Phi) is 4.39. The summed E-state index contributed by atoms with van der Waals surface area (Å²) in [5, 5.41) is 13.8. The van der Waals surface area contributed by atoms with Gasteiger partial charge in [0.25, 0.3) is 0 Å². The molecule has 1 aliphatic carbocycles. The number of fused-ring (bicyclic) bond motifs is 1. The van der Waals surface area contributed by atoms with Gasteiger partial charge in [0.2, 0.25) is 0 Å². The predicted octanol–water partition coefficient (Wildman–Crippen LogP) is 3.28. The Morgan fingerprint density at radius 2 is 2.00 bits per heavy atom. The lowest BCUT2D eigenvalue weighted by Gasteiger charge is -2.27. The van der Waals surface area contributed by atoms with Crippen LogP contribution in [0.5, 0.6) is 0 Å². The number of benzene rings is 1. The van der Waals surface area contributed by atoms with E-state index in [0.29, 0.717) is 6.04 Å². The largest absolute Gasteiger partial charge is 0.481 e. The maximum absolute atomic E-state index is 11.0. The second-order valence-corrected chi connectivity index (χ2v) is 6.25. The van der Waals surface area contributed by atoms with Crippen molar-refractivity contribution >= 4 is 16.9 Å². The van der Waals surface area contributed by atoms with Gasteiger partial charge in [-0.3, -0.25) is 9.78 Å². The van der Waals surface area contributed by atoms with Crippen LogP contribution in [0.3, 0.4) is 0 Å². The summed E-state index contributed by atoms with van der Waals surface area (Å²) in [5.74, 6) is -0.788. The molecule has 1 saturated carbocycles. The molecule has 1 aromatic heterocycles. The average molecular weight is 298 g/mol. The summed E-state index contributed by atoms with van der Waals surface area (Å²) in [6.07, 6.45) is 3.47. The van der Waals surface area contributed by atoms with Gasteiger partial charge in [0.15, 0.2) is 0 Å². The summed E-state index contributed by atoms with van der Waals surface area (Å²) in [6, 6.07) is 10.9. The zero-order chi connectivity index (χ0) is 15.5. The van der Waals surface area contributed by atoms with Gasteiger partial charge in [0.05, 0.1) is 11.4 Å². The molecule has 0 bridgehead atoms. The predicted molar refractivity (Wildman–Crippen MR) is 86.7 cm³/mol. The monoisotopic (exact) mass is 298 g/mol. The number of carbonyl (C=O) groups is 1. The SMILES string of the molecule is Cc1ccc2cc(CNC3CCC(C(=O)O)CC3)ccc2n1. The fourth-order valence-electron chi connectivity index (χ4n) is 3.19. The third-order valence-corrected chi connectivity index (χ3v) is 4.56. The lowest BCUT2D eigenvalue weighted by Crippen LogP contribution is -2.34. The Morgan fingerprint density at radius 1 is 1.23 bits per heavy atom. The molecule has 0 atom stereocenters. The van der Waals surface area contributed by atoms with Crippen LogP contribution in [0.4, 0.5) is 0 Å². The van der Waals surface area contributed by atoms with E-state index in [2.05, 4.69) is 34.6 Å². The Bertz CT molecular complexity index is 676. The van der Waals surface area contributed by atoms with Crippen LogP contribution in [-0.4, -0.2) is 22.1 Å². The highest BCUT2D eigenvalue weighted by Gasteiger charge is 2.25. The summed E-state index contributed by atoms with van der Waals surface area (Å²) in [4.78, 5) is 15.5. The number of aromatic nitrogens is 1. The van der Waals surface area contributed by atoms with Gasteiger partial charge in [0, 0.05) is 23.7 Å². The summed E-state index contributed by atoms with van der Waals surface area (Å²) in [6.45, 7) is 2.83. The second-order valence-electron chi connectivity index (χ2n) is 6.25. The lowest BCUT2D eigenvalue weighted by molar-refractivity contribution is -0.142. The topological polar surface area (TPSA) is 62.2 Å². The smallest absolute Gasteiger partial charge is 0.306 e. The molecule has 1 fully saturated rings. The molecule has 0 aliphatic heterocycles. The van der Waals surface area contributed by atoms with Crippen LogP contribution in [0.25, 0.3) is 10.9 Å². The Labute approximate surface area is 130 Å². The molecule has 0 radical (unpaired) electrons. The number of hydrogen-bond acceptors (Lipinski definition) is 3. The van der Waals surface area contributed by atoms with Crippen LogP contribution in [0.15, 0.2) is 30.3 Å². The third-order valence-electron chi connectivity index (χ3n) is 4.56. The van der Waals surface area contributed by atoms with Crippen LogP contribution in [0.2, 0.25) is 0 Å². The van der Waals surface area contributed by atoms with Crippen molar-refractivity contribution in [3.8, 4) is 0 Å². The van der Waals surface area contributed by atoms with Gasteiger partial charge in [-0.1, -0.05) is 12.1 Å². The van der Waals surface area contributed by atoms with Crippen molar-refractivity contribution in [3.05, 3.63) is 41.6 Å². The van der Waals surface area contributed by atoms with Gasteiger partial charge in [-0.25, -0.2) is 0 Å². The molecular formula is C18H22N2O2. The van der Waals surface area contributed by atoms with Crippen LogP contribution in [0.1, 0.15) is 36.9 Å². The summed E-state index contributed by atoms with van der Waals surface area (Å²) >= 11 is 0. The first-order valence-corrected chi connectivity index (χ1v) is 7.94. The van der Waals surface area contributed by atoms with Gasteiger partial charge >= 0.3 is 5.97 Å². The molecule has 0 unspecified atom stereocenters. The van der Waals surface area contributed by atoms with Crippen molar-refractivity contribution in [2.45, 2.75) is 45.2 Å². The van der Waals surface area contributed by atoms with E-state index >= 15 is 0 Å². The minimum absolute atomic E-state index is 0.145. The van der Waals surface area contributed by atoms with Crippen molar-refractivity contribution in [1.29, 1.82) is 0 Å². The number of nitrogens with zero attached hydrogens (tertiary/aromatic N) is 1. The Morgan fingerprint density at radius 3 is 2.73 bits per heavy atom. The van der Waals surface area contributed by atoms with Gasteiger partial charge in [-0.2, -0.15) is 0 Å². The molecule has 4 nitrogen and oxygen atoms in total. The van der Waals surface area contributed by atoms with Crippen LogP contribution in [0, 0.1) is 12.8 Å². The van der Waals surface area contributed by atoms with Gasteiger partial charge < -0.3 is 10.4 Å². The normalized spacial score (nSPS) is 21.9. The molecule has 1 aromatic carbocycles. The number of hydrogen-bond donors (Lipinski definition) is 2. The molecule has 3 rings (SSSR count). The first kappa shape index (κ1) is 15.0. The molecule has 116 valence electrons. The molecule has 2 N–H and O–H groups in total. The number of nitrogens with one attached hydrogen (secondary N) is 1. The summed E-state index contributed by atoms with van der Waals surface area (Å²) in [7, 11) is 0. The first-order chi connectivity index (χ1) is 10.6. The molecule has 22 heavy (non-hydrogen) atoms. The molecule has 4 heteroatoms. The van der Waals surface area contributed by atoms with Crippen molar-refractivity contribution in [2.24, 2.45) is 5.92 Å². The number of carboxylic acid groups (broad SMARTS) is 1. The maximum atomic E-state index is 11.0. The van der Waals surface area contributed by atoms with E-state index < -0.39 is 5.97 Å². The minimum Gasteiger partial charge on any atom is -0.481 e. The van der Waals surface area contributed by atoms with Gasteiger partial charge in [0.1, 0.15) is 0 Å². The fraction of sp³-hybridized carbons (Fsp3) is 0.444. The summed E-state index contributed by atoms with van der Waals surface area (Å²) in [5.41, 5.74) is 3.32. The van der Waals surface area contributed by atoms with Crippen molar-refractivity contribution in [1.82, 2.24) is 10.3 Å². The molecule has 1 aliphatic rings. The van der Waals surface area contributed by atoms with Gasteiger partial charge in [-0.15, -0.1) is 0 Å². The average Bonchev–Trinajstić information content (AvgIpc) is 2.53. The Hall–Kier alpha value is -1.94. The number of rotatable bonds is 4. The minimum atomic E-state index is -0.643. The molecule has 0 amide bonds. The number of aryl methyl sites for hydroxylation is 1. The van der Waals surface area contributed by atoms with Crippen molar-refractivity contribution in [3.63, 3.8) is 0 Å². The maximum Gasteiger partial charge on any atom is 0.306 e. The highest BCUT2D eigenvalue weighted by atomic mass is 16.4. The molecule has 1 heterocycles. The quantitative estimate of drug-likeness (QED) is 0.909. The van der Waals surface area contributed by atoms with E-state index in [-0.39, 0.29) is 5.92 Å². The fourth-order valence-corrected chi connectivity index (χ4v) is 3.19. The molecule has 0 spiro atoms. The number of aliphatic carboxylic acids is 1. The van der Waals surface area contributed by atoms with Crippen molar-refractivity contribution in [2.75, 3.05) is 0 Å². The highest BCUT2D eigenvalue weighted by Crippen LogP contribution is 2.24. The molecule has 0 saturated heterocycles. The van der Waals surface area contributed by atoms with Crippen LogP contribution in [-0.2, 0) is 11.3 Å². The van der Waals surface area contributed by atoms with Crippen molar-refractivity contribution < 1.29 is 9.90 Å². The standard InChI is InChI=1S/C18H22N2O2/c1-12-2-4-15-10-13(3-9-17(15)20-12)11-19-16-7-5-14(6-8-16)18(21)22/h2-4,9-10,14,16,19H,5-8,11H2,1H3,(H,21,22). The summed E-state index contributed by atoms with van der Waals surface area (Å²) < 4.78 is 0. The molecule has 2 aromatic rings. The van der Waals surface area contributed by atoms with E-state index in [0.717, 1.165) is 43.4 Å². The number of carboxylic acids is 1. The zero-order valence-corrected chi connectivity index (χ0v) is 12.9.